The lowest BCUT2D eigenvalue weighted by molar-refractivity contribution is -0.0893. The summed E-state index contributed by atoms with van der Waals surface area (Å²) in [6.45, 7) is 16.7. The number of hydrogen-bond acceptors (Lipinski definition) is 3. The summed E-state index contributed by atoms with van der Waals surface area (Å²) in [6, 6.07) is 40.0. The molecule has 0 atom stereocenters. The lowest BCUT2D eigenvalue weighted by Crippen LogP contribution is -2.49. The first-order valence-corrected chi connectivity index (χ1v) is 16.3. The zero-order valence-electron chi connectivity index (χ0n) is 28.3. The number of benzene rings is 5. The van der Waals surface area contributed by atoms with E-state index in [1.807, 2.05) is 13.8 Å². The number of fused-ring (bicyclic) bond motifs is 6. The lowest BCUT2D eigenvalue weighted by atomic mass is 9.82. The van der Waals surface area contributed by atoms with E-state index in [2.05, 4.69) is 142 Å². The van der Waals surface area contributed by atoms with Crippen LogP contribution in [0.1, 0.15) is 77.6 Å². The van der Waals surface area contributed by atoms with E-state index in [0.717, 1.165) is 22.5 Å². The normalized spacial score (nSPS) is 15.5. The predicted octanol–water partition coefficient (Wildman–Crippen LogP) is 9.58. The molecule has 46 heavy (non-hydrogen) atoms. The smallest absolute Gasteiger partial charge is 0.330 e. The van der Waals surface area contributed by atoms with Gasteiger partial charge in [-0.25, -0.2) is 0 Å². The van der Waals surface area contributed by atoms with Crippen LogP contribution in [0.3, 0.4) is 0 Å². The zero-order valence-corrected chi connectivity index (χ0v) is 28.3. The van der Waals surface area contributed by atoms with Crippen LogP contribution in [0.5, 0.6) is 0 Å². The SMILES string of the molecule is CC1(C)c2ccccc2-c2ccc(N(c3ccc([B]OC(C)(C)C(C)(C)O)cc3)c3ccc4c(c3)C(C)(C)c3ccccc3-4)cc21. The molecule has 4 heteroatoms. The number of rotatable bonds is 7. The molecule has 0 aromatic heterocycles. The minimum Gasteiger partial charge on any atom is -0.427 e. The molecule has 231 valence electrons. The zero-order chi connectivity index (χ0) is 32.6. The molecule has 0 bridgehead atoms. The highest BCUT2D eigenvalue weighted by molar-refractivity contribution is 6.47. The van der Waals surface area contributed by atoms with Crippen LogP contribution in [0.25, 0.3) is 22.3 Å². The summed E-state index contributed by atoms with van der Waals surface area (Å²) < 4.78 is 6.07. The van der Waals surface area contributed by atoms with Gasteiger partial charge in [0, 0.05) is 27.9 Å². The third-order valence-corrected chi connectivity index (χ3v) is 10.8. The molecular formula is C42H43BNO2. The van der Waals surface area contributed by atoms with Crippen LogP contribution in [-0.2, 0) is 15.5 Å². The second-order valence-electron chi connectivity index (χ2n) is 15.0. The van der Waals surface area contributed by atoms with Gasteiger partial charge in [0.2, 0.25) is 0 Å². The van der Waals surface area contributed by atoms with Gasteiger partial charge >= 0.3 is 7.48 Å². The fourth-order valence-corrected chi connectivity index (χ4v) is 7.17. The fraction of sp³-hybridized carbons (Fsp3) is 0.286. The van der Waals surface area contributed by atoms with Crippen molar-refractivity contribution in [3.05, 3.63) is 131 Å². The van der Waals surface area contributed by atoms with Crippen molar-refractivity contribution in [1.29, 1.82) is 0 Å². The maximum atomic E-state index is 10.6. The van der Waals surface area contributed by atoms with Crippen LogP contribution in [0, 0.1) is 0 Å². The molecule has 1 radical (unpaired) electrons. The van der Waals surface area contributed by atoms with Crippen molar-refractivity contribution in [2.75, 3.05) is 4.90 Å². The van der Waals surface area contributed by atoms with Crippen LogP contribution in [0.4, 0.5) is 17.1 Å². The molecule has 0 fully saturated rings. The van der Waals surface area contributed by atoms with Crippen LogP contribution < -0.4 is 10.4 Å². The predicted molar refractivity (Wildman–Crippen MR) is 193 cm³/mol. The van der Waals surface area contributed by atoms with E-state index >= 15 is 0 Å². The second kappa shape index (κ2) is 10.5. The summed E-state index contributed by atoms with van der Waals surface area (Å²) in [6.07, 6.45) is 0. The van der Waals surface area contributed by atoms with Crippen LogP contribution in [0.15, 0.2) is 109 Å². The molecule has 0 saturated carbocycles. The summed E-state index contributed by atoms with van der Waals surface area (Å²) in [5, 5.41) is 10.6. The van der Waals surface area contributed by atoms with E-state index in [1.54, 1.807) is 21.3 Å². The highest BCUT2D eigenvalue weighted by atomic mass is 16.5. The number of hydrogen-bond donors (Lipinski definition) is 1. The van der Waals surface area contributed by atoms with Crippen LogP contribution >= 0.6 is 0 Å². The molecular weight excluding hydrogens is 561 g/mol. The average molecular weight is 605 g/mol. The molecule has 0 unspecified atom stereocenters. The van der Waals surface area contributed by atoms with Crippen molar-refractivity contribution in [3.63, 3.8) is 0 Å². The van der Waals surface area contributed by atoms with Gasteiger partial charge in [0.05, 0.1) is 11.2 Å². The van der Waals surface area contributed by atoms with Gasteiger partial charge in [-0.1, -0.05) is 106 Å². The summed E-state index contributed by atoms with van der Waals surface area (Å²) in [7, 11) is 1.75. The van der Waals surface area contributed by atoms with Crippen molar-refractivity contribution in [2.45, 2.75) is 77.4 Å². The molecule has 3 nitrogen and oxygen atoms in total. The summed E-state index contributed by atoms with van der Waals surface area (Å²) in [5.41, 5.74) is 13.1. The lowest BCUT2D eigenvalue weighted by Gasteiger charge is -2.37. The van der Waals surface area contributed by atoms with Gasteiger partial charge in [-0.15, -0.1) is 0 Å². The van der Waals surface area contributed by atoms with Gasteiger partial charge in [0.15, 0.2) is 0 Å². The van der Waals surface area contributed by atoms with Crippen molar-refractivity contribution in [1.82, 2.24) is 0 Å². The quantitative estimate of drug-likeness (QED) is 0.188. The first-order chi connectivity index (χ1) is 21.7. The Morgan fingerprint density at radius 2 is 0.957 bits per heavy atom. The number of anilines is 3. The van der Waals surface area contributed by atoms with Gasteiger partial charge < -0.3 is 14.7 Å². The standard InChI is InChI=1S/C42H43BNO2/c1-39(2)35-15-11-9-13-31(35)33-23-21-29(25-37(33)39)44(28-19-17-27(18-20-28)43-46-42(7,8)41(5,6)45)30-22-24-34-32-14-10-12-16-36(32)40(3,4)38(34)26-30/h9-26,45H,1-8H3. The summed E-state index contributed by atoms with van der Waals surface area (Å²) in [5.74, 6) is 0. The highest BCUT2D eigenvalue weighted by Crippen LogP contribution is 2.52. The molecule has 0 spiro atoms. The second-order valence-corrected chi connectivity index (χ2v) is 15.0. The van der Waals surface area contributed by atoms with Gasteiger partial charge in [-0.2, -0.15) is 0 Å². The Labute approximate surface area is 275 Å². The molecule has 0 saturated heterocycles. The van der Waals surface area contributed by atoms with Crippen molar-refractivity contribution in [3.8, 4) is 22.3 Å². The third kappa shape index (κ3) is 4.73. The molecule has 5 aromatic rings. The van der Waals surface area contributed by atoms with E-state index in [0.29, 0.717) is 0 Å². The molecule has 2 aliphatic rings. The monoisotopic (exact) mass is 604 g/mol. The molecule has 0 amide bonds. The first kappa shape index (κ1) is 30.5. The Morgan fingerprint density at radius 1 is 0.543 bits per heavy atom. The van der Waals surface area contributed by atoms with E-state index in [-0.39, 0.29) is 10.8 Å². The molecule has 7 rings (SSSR count). The summed E-state index contributed by atoms with van der Waals surface area (Å²) >= 11 is 0. The van der Waals surface area contributed by atoms with Gasteiger partial charge in [-0.05, 0) is 109 Å². The van der Waals surface area contributed by atoms with Crippen molar-refractivity contribution >= 4 is 30.0 Å². The Morgan fingerprint density at radius 3 is 1.41 bits per heavy atom. The van der Waals surface area contributed by atoms with Crippen LogP contribution in [-0.4, -0.2) is 23.8 Å². The molecule has 5 aromatic carbocycles. The Kier molecular flexibility index (Phi) is 6.94. The Hall–Kier alpha value is -4.12. The van der Waals surface area contributed by atoms with E-state index < -0.39 is 11.2 Å². The van der Waals surface area contributed by atoms with E-state index in [4.69, 9.17) is 4.65 Å². The maximum absolute atomic E-state index is 10.6. The number of aliphatic hydroxyl groups is 1. The van der Waals surface area contributed by atoms with Gasteiger partial charge in [0.1, 0.15) is 0 Å². The minimum atomic E-state index is -0.984. The van der Waals surface area contributed by atoms with Gasteiger partial charge in [-0.3, -0.25) is 0 Å². The van der Waals surface area contributed by atoms with Gasteiger partial charge in [0.25, 0.3) is 0 Å². The molecule has 1 N–H and O–H groups in total. The fourth-order valence-electron chi connectivity index (χ4n) is 7.17. The highest BCUT2D eigenvalue weighted by Gasteiger charge is 2.38. The number of nitrogens with zero attached hydrogens (tertiary/aromatic N) is 1. The molecule has 2 aliphatic carbocycles. The van der Waals surface area contributed by atoms with E-state index in [1.165, 1.54) is 44.5 Å². The van der Waals surface area contributed by atoms with E-state index in [9.17, 15) is 5.11 Å². The average Bonchev–Trinajstić information content (AvgIpc) is 3.40. The summed E-state index contributed by atoms with van der Waals surface area (Å²) in [4.78, 5) is 2.38. The Bertz CT molecular complexity index is 1860. The maximum Gasteiger partial charge on any atom is 0.330 e. The van der Waals surface area contributed by atoms with Crippen molar-refractivity contribution < 1.29 is 9.76 Å². The topological polar surface area (TPSA) is 32.7 Å². The van der Waals surface area contributed by atoms with Crippen molar-refractivity contribution in [2.24, 2.45) is 0 Å². The Balaban J connectivity index is 1.32. The van der Waals surface area contributed by atoms with Crippen LogP contribution in [0.2, 0.25) is 0 Å². The minimum absolute atomic E-state index is 0.0986. The molecule has 0 heterocycles. The largest absolute Gasteiger partial charge is 0.427 e. The third-order valence-electron chi connectivity index (χ3n) is 10.8. The first-order valence-electron chi connectivity index (χ1n) is 16.3. The molecule has 0 aliphatic heterocycles.